The van der Waals surface area contributed by atoms with Gasteiger partial charge in [-0.3, -0.25) is 0 Å². The van der Waals surface area contributed by atoms with Crippen molar-refractivity contribution in [1.29, 1.82) is 0 Å². The minimum atomic E-state index is -0.262. The van der Waals surface area contributed by atoms with Crippen molar-refractivity contribution < 1.29 is 18.9 Å². The second kappa shape index (κ2) is 7.89. The largest absolute Gasteiger partial charge is 0.484 e. The van der Waals surface area contributed by atoms with E-state index in [0.717, 1.165) is 0 Å². The molecule has 1 atom stereocenters. The summed E-state index contributed by atoms with van der Waals surface area (Å²) in [5, 5.41) is 1.05. The van der Waals surface area contributed by atoms with Crippen LogP contribution < -0.4 is 9.47 Å². The van der Waals surface area contributed by atoms with Crippen LogP contribution in [0, 0.1) is 5.92 Å². The zero-order chi connectivity index (χ0) is 17.8. The minimum Gasteiger partial charge on any atom is -0.484 e. The van der Waals surface area contributed by atoms with Crippen molar-refractivity contribution in [2.24, 2.45) is 5.92 Å². The van der Waals surface area contributed by atoms with Crippen LogP contribution in [-0.2, 0) is 9.47 Å². The van der Waals surface area contributed by atoms with E-state index in [4.69, 9.17) is 42.1 Å². The lowest BCUT2D eigenvalue weighted by molar-refractivity contribution is -0.0675. The molecule has 4 nitrogen and oxygen atoms in total. The smallest absolute Gasteiger partial charge is 0.242 e. The van der Waals surface area contributed by atoms with Gasteiger partial charge in [-0.05, 0) is 30.3 Å². The van der Waals surface area contributed by atoms with E-state index in [2.05, 4.69) is 0 Å². The molecule has 0 radical (unpaired) electrons. The Labute approximate surface area is 156 Å². The summed E-state index contributed by atoms with van der Waals surface area (Å²) in [4.78, 5) is 0. The zero-order valence-corrected chi connectivity index (χ0v) is 15.4. The highest BCUT2D eigenvalue weighted by Crippen LogP contribution is 2.32. The predicted octanol–water partition coefficient (Wildman–Crippen LogP) is 6.03. The van der Waals surface area contributed by atoms with E-state index in [1.807, 2.05) is 26.0 Å². The number of hydrogen-bond acceptors (Lipinski definition) is 4. The Morgan fingerprint density at radius 1 is 1.08 bits per heavy atom. The standard InChI is InChI=1S/C19H18Cl2O4/c1-12(2)19-23-11-16(25-19)10-22-18-7-6-15(9-17(18)21)24-14-5-3-4-13(20)8-14/h3-9,11-12,19H,10H2,1-2H3. The molecule has 2 aromatic carbocycles. The van der Waals surface area contributed by atoms with Gasteiger partial charge in [-0.2, -0.15) is 0 Å². The fourth-order valence-corrected chi connectivity index (χ4v) is 2.59. The molecule has 6 heteroatoms. The molecular formula is C19H18Cl2O4. The van der Waals surface area contributed by atoms with Gasteiger partial charge in [-0.15, -0.1) is 0 Å². The van der Waals surface area contributed by atoms with E-state index in [1.54, 1.807) is 36.6 Å². The van der Waals surface area contributed by atoms with Crippen LogP contribution in [0.3, 0.4) is 0 Å². The molecule has 25 heavy (non-hydrogen) atoms. The van der Waals surface area contributed by atoms with Crippen LogP contribution in [0.4, 0.5) is 0 Å². The first-order valence-electron chi connectivity index (χ1n) is 7.88. The highest BCUT2D eigenvalue weighted by atomic mass is 35.5. The molecule has 0 fully saturated rings. The molecule has 0 N–H and O–H groups in total. The normalized spacial score (nSPS) is 16.2. The van der Waals surface area contributed by atoms with Crippen LogP contribution >= 0.6 is 23.2 Å². The van der Waals surface area contributed by atoms with Gasteiger partial charge in [0.15, 0.2) is 5.76 Å². The molecule has 1 aliphatic rings. The maximum absolute atomic E-state index is 6.27. The number of ether oxygens (including phenoxy) is 4. The van der Waals surface area contributed by atoms with Gasteiger partial charge in [0.2, 0.25) is 6.29 Å². The number of rotatable bonds is 6. The van der Waals surface area contributed by atoms with Crippen molar-refractivity contribution in [2.75, 3.05) is 6.61 Å². The van der Waals surface area contributed by atoms with Crippen LogP contribution in [0.25, 0.3) is 0 Å². The van der Waals surface area contributed by atoms with Gasteiger partial charge in [0, 0.05) is 17.0 Å². The van der Waals surface area contributed by atoms with Gasteiger partial charge in [0.1, 0.15) is 30.1 Å². The first-order valence-corrected chi connectivity index (χ1v) is 8.64. The number of hydrogen-bond donors (Lipinski definition) is 0. The van der Waals surface area contributed by atoms with Crippen LogP contribution in [0.15, 0.2) is 54.5 Å². The summed E-state index contributed by atoms with van der Waals surface area (Å²) >= 11 is 12.2. The molecule has 0 aromatic heterocycles. The maximum atomic E-state index is 6.27. The van der Waals surface area contributed by atoms with E-state index in [-0.39, 0.29) is 18.8 Å². The minimum absolute atomic E-state index is 0.247. The Balaban J connectivity index is 1.59. The fraction of sp³-hybridized carbons (Fsp3) is 0.263. The monoisotopic (exact) mass is 380 g/mol. The highest BCUT2D eigenvalue weighted by molar-refractivity contribution is 6.32. The molecule has 3 rings (SSSR count). The fourth-order valence-electron chi connectivity index (χ4n) is 2.19. The molecular weight excluding hydrogens is 363 g/mol. The lowest BCUT2D eigenvalue weighted by atomic mass is 10.2. The van der Waals surface area contributed by atoms with E-state index in [0.29, 0.717) is 33.1 Å². The van der Waals surface area contributed by atoms with Crippen LogP contribution in [0.1, 0.15) is 13.8 Å². The van der Waals surface area contributed by atoms with Gasteiger partial charge in [0.25, 0.3) is 0 Å². The van der Waals surface area contributed by atoms with Gasteiger partial charge in [0.05, 0.1) is 5.02 Å². The van der Waals surface area contributed by atoms with Gasteiger partial charge in [-0.1, -0.05) is 43.1 Å². The van der Waals surface area contributed by atoms with Crippen molar-refractivity contribution in [3.63, 3.8) is 0 Å². The summed E-state index contributed by atoms with van der Waals surface area (Å²) in [5.41, 5.74) is 0. The SMILES string of the molecule is CC(C)C1OC=C(COc2ccc(Oc3cccc(Cl)c3)cc2Cl)O1. The Morgan fingerprint density at radius 3 is 2.56 bits per heavy atom. The average molecular weight is 381 g/mol. The molecule has 132 valence electrons. The van der Waals surface area contributed by atoms with E-state index >= 15 is 0 Å². The summed E-state index contributed by atoms with van der Waals surface area (Å²) in [6, 6.07) is 12.4. The third-order valence-electron chi connectivity index (χ3n) is 3.45. The molecule has 0 bridgehead atoms. The Bertz CT molecular complexity index is 774. The molecule has 1 aliphatic heterocycles. The summed E-state index contributed by atoms with van der Waals surface area (Å²) in [5.74, 6) is 2.67. The summed E-state index contributed by atoms with van der Waals surface area (Å²) in [6.45, 7) is 4.30. The third-order valence-corrected chi connectivity index (χ3v) is 3.98. The molecule has 0 aliphatic carbocycles. The molecule has 2 aromatic rings. The first kappa shape index (κ1) is 17.8. The topological polar surface area (TPSA) is 36.9 Å². The Kier molecular flexibility index (Phi) is 5.61. The van der Waals surface area contributed by atoms with E-state index < -0.39 is 0 Å². The third kappa shape index (κ3) is 4.74. The van der Waals surface area contributed by atoms with Crippen molar-refractivity contribution in [1.82, 2.24) is 0 Å². The molecule has 1 unspecified atom stereocenters. The molecule has 0 spiro atoms. The maximum Gasteiger partial charge on any atom is 0.242 e. The van der Waals surface area contributed by atoms with Crippen molar-refractivity contribution in [2.45, 2.75) is 20.1 Å². The average Bonchev–Trinajstić information content (AvgIpc) is 3.03. The summed E-state index contributed by atoms with van der Waals surface area (Å²) in [6.07, 6.45) is 1.32. The first-order chi connectivity index (χ1) is 12.0. The summed E-state index contributed by atoms with van der Waals surface area (Å²) < 4.78 is 22.5. The zero-order valence-electron chi connectivity index (χ0n) is 13.9. The van der Waals surface area contributed by atoms with Gasteiger partial charge in [-0.25, -0.2) is 0 Å². The van der Waals surface area contributed by atoms with Crippen LogP contribution in [0.2, 0.25) is 10.0 Å². The van der Waals surface area contributed by atoms with Crippen molar-refractivity contribution in [3.05, 3.63) is 64.5 Å². The van der Waals surface area contributed by atoms with Crippen molar-refractivity contribution >= 4 is 23.2 Å². The molecule has 0 saturated carbocycles. The molecule has 1 heterocycles. The van der Waals surface area contributed by atoms with Crippen LogP contribution in [0.5, 0.6) is 17.2 Å². The van der Waals surface area contributed by atoms with E-state index in [1.165, 1.54) is 0 Å². The lowest BCUT2D eigenvalue weighted by Crippen LogP contribution is -2.17. The second-order valence-electron chi connectivity index (χ2n) is 5.89. The molecule has 0 saturated heterocycles. The lowest BCUT2D eigenvalue weighted by Gasteiger charge is -2.15. The van der Waals surface area contributed by atoms with Gasteiger partial charge >= 0.3 is 0 Å². The quantitative estimate of drug-likeness (QED) is 0.612. The Hall–Kier alpha value is -2.04. The second-order valence-corrected chi connectivity index (χ2v) is 6.73. The van der Waals surface area contributed by atoms with Crippen molar-refractivity contribution in [3.8, 4) is 17.2 Å². The number of benzene rings is 2. The summed E-state index contributed by atoms with van der Waals surface area (Å²) in [7, 11) is 0. The predicted molar refractivity (Wildman–Crippen MR) is 97.4 cm³/mol. The van der Waals surface area contributed by atoms with Gasteiger partial charge < -0.3 is 18.9 Å². The number of halogens is 2. The van der Waals surface area contributed by atoms with E-state index in [9.17, 15) is 0 Å². The molecule has 0 amide bonds. The van der Waals surface area contributed by atoms with Crippen LogP contribution in [-0.4, -0.2) is 12.9 Å². The Morgan fingerprint density at radius 2 is 1.88 bits per heavy atom. The highest BCUT2D eigenvalue weighted by Gasteiger charge is 2.23.